The normalized spacial score (nSPS) is 9.83. The molecule has 0 fully saturated rings. The third kappa shape index (κ3) is 2.54. The molecule has 12 heavy (non-hydrogen) atoms. The summed E-state index contributed by atoms with van der Waals surface area (Å²) >= 11 is 9.56. The van der Waals surface area contributed by atoms with Gasteiger partial charge in [0, 0.05) is 22.8 Å². The van der Waals surface area contributed by atoms with Crippen LogP contribution >= 0.6 is 24.2 Å². The average Bonchev–Trinajstić information content (AvgIpc) is 2.06. The maximum atomic E-state index is 11.2. The molecular weight excluding hydrogens is 192 g/mol. The zero-order valence-electron chi connectivity index (χ0n) is 6.46. The van der Waals surface area contributed by atoms with Gasteiger partial charge in [0.15, 0.2) is 5.78 Å². The van der Waals surface area contributed by atoms with Crippen molar-refractivity contribution in [1.29, 1.82) is 0 Å². The minimum Gasteiger partial charge on any atom is -0.294 e. The van der Waals surface area contributed by atoms with Crippen molar-refractivity contribution in [3.05, 3.63) is 29.8 Å². The molecule has 0 aromatic heterocycles. The predicted molar refractivity (Wildman–Crippen MR) is 53.4 cm³/mol. The van der Waals surface area contributed by atoms with Crippen LogP contribution in [-0.4, -0.2) is 11.7 Å². The Hall–Kier alpha value is -0.470. The molecular formula is C9H9ClOS. The van der Waals surface area contributed by atoms with Crippen LogP contribution in [0.25, 0.3) is 0 Å². The van der Waals surface area contributed by atoms with Crippen LogP contribution in [0.2, 0.25) is 0 Å². The Morgan fingerprint density at radius 3 is 2.42 bits per heavy atom. The minimum absolute atomic E-state index is 0.0818. The lowest BCUT2D eigenvalue weighted by atomic mass is 10.1. The molecule has 0 aliphatic rings. The Morgan fingerprint density at radius 1 is 1.33 bits per heavy atom. The third-order valence-corrected chi connectivity index (χ3v) is 2.00. The topological polar surface area (TPSA) is 17.1 Å². The summed E-state index contributed by atoms with van der Waals surface area (Å²) in [5.74, 6) is 0.458. The van der Waals surface area contributed by atoms with Gasteiger partial charge in [-0.2, -0.15) is 0 Å². The van der Waals surface area contributed by atoms with E-state index in [2.05, 4.69) is 12.6 Å². The monoisotopic (exact) mass is 200 g/mol. The fraction of sp³-hybridized carbons (Fsp3) is 0.222. The second kappa shape index (κ2) is 4.53. The summed E-state index contributed by atoms with van der Waals surface area (Å²) in [6.45, 7) is 0. The number of rotatable bonds is 3. The zero-order chi connectivity index (χ0) is 8.97. The number of ketones is 1. The highest BCUT2D eigenvalue weighted by molar-refractivity contribution is 7.80. The number of Topliss-reactive ketones (excluding diaryl/α,β-unsaturated/α-hetero) is 1. The number of hydrogen-bond donors (Lipinski definition) is 1. The molecule has 1 nitrogen and oxygen atoms in total. The van der Waals surface area contributed by atoms with Crippen molar-refractivity contribution in [2.45, 2.75) is 11.3 Å². The molecule has 3 heteroatoms. The van der Waals surface area contributed by atoms with Crippen molar-refractivity contribution in [1.82, 2.24) is 0 Å². The molecule has 0 atom stereocenters. The van der Waals surface area contributed by atoms with Crippen LogP contribution in [0.3, 0.4) is 0 Å². The van der Waals surface area contributed by atoms with E-state index in [1.54, 1.807) is 24.3 Å². The third-order valence-electron chi connectivity index (χ3n) is 1.51. The van der Waals surface area contributed by atoms with Crippen molar-refractivity contribution >= 4 is 30.0 Å². The molecule has 0 saturated carbocycles. The van der Waals surface area contributed by atoms with E-state index < -0.39 is 0 Å². The zero-order valence-corrected chi connectivity index (χ0v) is 8.11. The van der Waals surface area contributed by atoms with Crippen molar-refractivity contribution in [3.63, 3.8) is 0 Å². The standard InChI is InChI=1S/C9H9ClOS/c10-6-5-9(11)7-1-3-8(12)4-2-7/h1-4,12H,5-6H2. The Bertz CT molecular complexity index is 268. The molecule has 0 bridgehead atoms. The van der Waals surface area contributed by atoms with E-state index in [1.807, 2.05) is 0 Å². The average molecular weight is 201 g/mol. The number of halogens is 1. The summed E-state index contributed by atoms with van der Waals surface area (Å²) in [5.41, 5.74) is 0.702. The van der Waals surface area contributed by atoms with Gasteiger partial charge < -0.3 is 0 Å². The first-order valence-corrected chi connectivity index (χ1v) is 4.60. The number of alkyl halides is 1. The van der Waals surface area contributed by atoms with E-state index >= 15 is 0 Å². The van der Waals surface area contributed by atoms with Gasteiger partial charge in [-0.15, -0.1) is 24.2 Å². The molecule has 1 rings (SSSR count). The van der Waals surface area contributed by atoms with Crippen LogP contribution in [0.1, 0.15) is 16.8 Å². The van der Waals surface area contributed by atoms with Gasteiger partial charge in [-0.3, -0.25) is 4.79 Å². The summed E-state index contributed by atoms with van der Waals surface area (Å²) in [7, 11) is 0. The fourth-order valence-electron chi connectivity index (χ4n) is 0.877. The Labute approximate surface area is 82.1 Å². The number of carbonyl (C=O) groups excluding carboxylic acids is 1. The van der Waals surface area contributed by atoms with Gasteiger partial charge in [0.1, 0.15) is 0 Å². The maximum absolute atomic E-state index is 11.2. The van der Waals surface area contributed by atoms with Crippen molar-refractivity contribution in [2.75, 3.05) is 5.88 Å². The van der Waals surface area contributed by atoms with E-state index in [-0.39, 0.29) is 5.78 Å². The summed E-state index contributed by atoms with van der Waals surface area (Å²) in [6.07, 6.45) is 0.396. The van der Waals surface area contributed by atoms with Crippen LogP contribution in [0.5, 0.6) is 0 Å². The lowest BCUT2D eigenvalue weighted by molar-refractivity contribution is 0.0989. The van der Waals surface area contributed by atoms with Gasteiger partial charge in [-0.1, -0.05) is 12.1 Å². The van der Waals surface area contributed by atoms with Gasteiger partial charge in [0.05, 0.1) is 0 Å². The van der Waals surface area contributed by atoms with Gasteiger partial charge in [-0.05, 0) is 12.1 Å². The van der Waals surface area contributed by atoms with Crippen LogP contribution in [0.4, 0.5) is 0 Å². The summed E-state index contributed by atoms with van der Waals surface area (Å²) in [4.78, 5) is 12.1. The molecule has 0 aliphatic carbocycles. The number of carbonyl (C=O) groups is 1. The Kier molecular flexibility index (Phi) is 3.63. The van der Waals surface area contributed by atoms with Gasteiger partial charge in [0.25, 0.3) is 0 Å². The van der Waals surface area contributed by atoms with E-state index in [9.17, 15) is 4.79 Å². The first-order chi connectivity index (χ1) is 5.74. The van der Waals surface area contributed by atoms with Crippen LogP contribution < -0.4 is 0 Å². The van der Waals surface area contributed by atoms with Crippen molar-refractivity contribution in [2.24, 2.45) is 0 Å². The van der Waals surface area contributed by atoms with Crippen molar-refractivity contribution < 1.29 is 4.79 Å². The molecule has 0 aliphatic heterocycles. The summed E-state index contributed by atoms with van der Waals surface area (Å²) in [5, 5.41) is 0. The molecule has 0 saturated heterocycles. The lowest BCUT2D eigenvalue weighted by Crippen LogP contribution is -1.98. The molecule has 1 aromatic rings. The number of thiol groups is 1. The van der Waals surface area contributed by atoms with Crippen LogP contribution in [0.15, 0.2) is 29.2 Å². The minimum atomic E-state index is 0.0818. The molecule has 64 valence electrons. The van der Waals surface area contributed by atoms with E-state index in [4.69, 9.17) is 11.6 Å². The van der Waals surface area contributed by atoms with E-state index in [1.165, 1.54) is 0 Å². The van der Waals surface area contributed by atoms with Crippen LogP contribution in [0, 0.1) is 0 Å². The van der Waals surface area contributed by atoms with Gasteiger partial charge >= 0.3 is 0 Å². The number of hydrogen-bond acceptors (Lipinski definition) is 2. The number of benzene rings is 1. The lowest BCUT2D eigenvalue weighted by Gasteiger charge is -1.97. The quantitative estimate of drug-likeness (QED) is 0.451. The molecule has 0 radical (unpaired) electrons. The van der Waals surface area contributed by atoms with Crippen molar-refractivity contribution in [3.8, 4) is 0 Å². The highest BCUT2D eigenvalue weighted by atomic mass is 35.5. The molecule has 0 N–H and O–H groups in total. The Morgan fingerprint density at radius 2 is 1.92 bits per heavy atom. The highest BCUT2D eigenvalue weighted by Gasteiger charge is 2.02. The second-order valence-electron chi connectivity index (χ2n) is 2.41. The molecule has 0 heterocycles. The first-order valence-electron chi connectivity index (χ1n) is 3.62. The fourth-order valence-corrected chi connectivity index (χ4v) is 1.20. The van der Waals surface area contributed by atoms with Crippen LogP contribution in [-0.2, 0) is 0 Å². The highest BCUT2D eigenvalue weighted by Crippen LogP contribution is 2.09. The molecule has 0 amide bonds. The van der Waals surface area contributed by atoms with E-state index in [0.717, 1.165) is 4.90 Å². The SMILES string of the molecule is O=C(CCCl)c1ccc(S)cc1. The summed E-state index contributed by atoms with van der Waals surface area (Å²) in [6, 6.07) is 7.11. The van der Waals surface area contributed by atoms with Gasteiger partial charge in [0.2, 0.25) is 0 Å². The predicted octanol–water partition coefficient (Wildman–Crippen LogP) is 2.79. The smallest absolute Gasteiger partial charge is 0.164 e. The first kappa shape index (κ1) is 9.62. The maximum Gasteiger partial charge on any atom is 0.164 e. The Balaban J connectivity index is 2.75. The van der Waals surface area contributed by atoms with E-state index in [0.29, 0.717) is 17.9 Å². The molecule has 0 unspecified atom stereocenters. The largest absolute Gasteiger partial charge is 0.294 e. The van der Waals surface area contributed by atoms with Gasteiger partial charge in [-0.25, -0.2) is 0 Å². The summed E-state index contributed by atoms with van der Waals surface area (Å²) < 4.78 is 0. The molecule has 0 spiro atoms. The second-order valence-corrected chi connectivity index (χ2v) is 3.30. The molecule has 1 aromatic carbocycles.